The molecule has 5 heteroatoms. The molecule has 0 fully saturated rings. The van der Waals surface area contributed by atoms with Gasteiger partial charge in [-0.1, -0.05) is 86.2 Å². The summed E-state index contributed by atoms with van der Waals surface area (Å²) in [4.78, 5) is 20.3. The Morgan fingerprint density at radius 3 is 2.38 bits per heavy atom. The summed E-state index contributed by atoms with van der Waals surface area (Å²) < 4.78 is 1.74. The van der Waals surface area contributed by atoms with Crippen LogP contribution >= 0.6 is 11.3 Å². The van der Waals surface area contributed by atoms with Crippen LogP contribution in [0.5, 0.6) is 0 Å². The molecule has 0 aliphatic carbocycles. The van der Waals surface area contributed by atoms with E-state index in [9.17, 15) is 4.79 Å². The average molecular weight is 442 g/mol. The minimum Gasteiger partial charge on any atom is -0.374 e. The smallest absolute Gasteiger partial charge is 0.277 e. The third-order valence-corrected chi connectivity index (χ3v) is 6.30. The lowest BCUT2D eigenvalue weighted by atomic mass is 10.2. The molecule has 0 aliphatic rings. The quantitative estimate of drug-likeness (QED) is 0.297. The molecule has 0 bridgehead atoms. The van der Waals surface area contributed by atoms with Gasteiger partial charge in [0.1, 0.15) is 11.5 Å². The highest BCUT2D eigenvalue weighted by atomic mass is 32.1. The third-order valence-electron chi connectivity index (χ3n) is 5.16. The number of anilines is 1. The maximum absolute atomic E-state index is 13.3. The maximum Gasteiger partial charge on any atom is 0.277 e. The highest BCUT2D eigenvalue weighted by Crippen LogP contribution is 2.28. The largest absolute Gasteiger partial charge is 0.374 e. The molecule has 0 unspecified atom stereocenters. The normalized spacial score (nSPS) is 11.2. The first-order valence-electron chi connectivity index (χ1n) is 10.9. The number of hydrogen-bond acceptors (Lipinski definition) is 4. The van der Waals surface area contributed by atoms with Crippen molar-refractivity contribution in [1.29, 1.82) is 0 Å². The van der Waals surface area contributed by atoms with Crippen molar-refractivity contribution >= 4 is 17.0 Å². The number of unbranched alkanes of at least 4 members (excludes halogenated alkanes) is 1. The van der Waals surface area contributed by atoms with Crippen LogP contribution in [0.25, 0.3) is 21.8 Å². The van der Waals surface area contributed by atoms with Gasteiger partial charge in [0.05, 0.1) is 6.20 Å². The fraction of sp³-hybridized carbons (Fsp3) is 0.185. The van der Waals surface area contributed by atoms with E-state index in [1.54, 1.807) is 22.1 Å². The van der Waals surface area contributed by atoms with E-state index in [0.717, 1.165) is 18.4 Å². The van der Waals surface area contributed by atoms with Crippen molar-refractivity contribution in [3.63, 3.8) is 0 Å². The van der Waals surface area contributed by atoms with Crippen molar-refractivity contribution in [3.8, 4) is 21.8 Å². The Morgan fingerprint density at radius 2 is 1.66 bits per heavy atom. The third kappa shape index (κ3) is 5.24. The Morgan fingerprint density at radius 1 is 0.938 bits per heavy atom. The summed E-state index contributed by atoms with van der Waals surface area (Å²) in [5.41, 5.74) is 2.60. The predicted octanol–water partition coefficient (Wildman–Crippen LogP) is 6.61. The van der Waals surface area contributed by atoms with E-state index in [1.165, 1.54) is 15.3 Å². The first-order chi connectivity index (χ1) is 15.8. The molecule has 1 N–H and O–H groups in total. The maximum atomic E-state index is 13.3. The van der Waals surface area contributed by atoms with E-state index < -0.39 is 0 Å². The standard InChI is InChI=1S/C27H27N3OS/c1-2-3-4-11-18-30-26(22-14-9-6-10-15-22)29-20-24(27(30)31)28-19-23-16-17-25(32-23)21-12-7-5-8-13-21/h4-17,20,28H,2-3,18-19H2,1H3/b11-4-. The van der Waals surface area contributed by atoms with Crippen LogP contribution in [0.4, 0.5) is 5.69 Å². The van der Waals surface area contributed by atoms with E-state index in [4.69, 9.17) is 0 Å². The second-order valence-electron chi connectivity index (χ2n) is 7.52. The summed E-state index contributed by atoms with van der Waals surface area (Å²) in [6, 6.07) is 24.4. The fourth-order valence-corrected chi connectivity index (χ4v) is 4.43. The summed E-state index contributed by atoms with van der Waals surface area (Å²) in [5, 5.41) is 3.31. The van der Waals surface area contributed by atoms with Gasteiger partial charge in [-0.25, -0.2) is 4.98 Å². The molecule has 4 rings (SSSR count). The molecule has 0 atom stereocenters. The lowest BCUT2D eigenvalue weighted by Gasteiger charge is -2.13. The molecule has 162 valence electrons. The van der Waals surface area contributed by atoms with Crippen molar-refractivity contribution in [3.05, 3.63) is 106 Å². The molecular weight excluding hydrogens is 414 g/mol. The van der Waals surface area contributed by atoms with Crippen LogP contribution in [0, 0.1) is 0 Å². The highest BCUT2D eigenvalue weighted by molar-refractivity contribution is 7.15. The topological polar surface area (TPSA) is 46.9 Å². The van der Waals surface area contributed by atoms with Gasteiger partial charge >= 0.3 is 0 Å². The molecule has 4 aromatic rings. The molecule has 32 heavy (non-hydrogen) atoms. The van der Waals surface area contributed by atoms with Gasteiger partial charge < -0.3 is 5.32 Å². The lowest BCUT2D eigenvalue weighted by molar-refractivity contribution is 0.762. The van der Waals surface area contributed by atoms with Gasteiger partial charge in [0.2, 0.25) is 0 Å². The number of allylic oxidation sites excluding steroid dienone is 2. The van der Waals surface area contributed by atoms with Crippen LogP contribution < -0.4 is 10.9 Å². The molecule has 4 nitrogen and oxygen atoms in total. The molecule has 0 radical (unpaired) electrons. The Bertz CT molecular complexity index is 1230. The van der Waals surface area contributed by atoms with Crippen LogP contribution in [0.15, 0.2) is 95.9 Å². The van der Waals surface area contributed by atoms with Crippen LogP contribution in [-0.2, 0) is 13.1 Å². The van der Waals surface area contributed by atoms with Crippen LogP contribution in [0.1, 0.15) is 24.6 Å². The van der Waals surface area contributed by atoms with Gasteiger partial charge in [-0.15, -0.1) is 11.3 Å². The molecule has 0 saturated heterocycles. The Balaban J connectivity index is 1.56. The highest BCUT2D eigenvalue weighted by Gasteiger charge is 2.12. The SMILES string of the molecule is CCC/C=C\Cn1c(-c2ccccc2)ncc(NCc2ccc(-c3ccccc3)s2)c1=O. The van der Waals surface area contributed by atoms with Crippen molar-refractivity contribution in [2.45, 2.75) is 32.9 Å². The number of benzene rings is 2. The Labute approximate surface area is 192 Å². The molecule has 0 amide bonds. The summed E-state index contributed by atoms with van der Waals surface area (Å²) in [6.45, 7) is 3.24. The first-order valence-corrected chi connectivity index (χ1v) is 11.8. The zero-order valence-electron chi connectivity index (χ0n) is 18.2. The number of rotatable bonds is 9. The number of hydrogen-bond donors (Lipinski definition) is 1. The fourth-order valence-electron chi connectivity index (χ4n) is 3.48. The van der Waals surface area contributed by atoms with Crippen LogP contribution in [-0.4, -0.2) is 9.55 Å². The first kappa shape index (κ1) is 21.8. The number of nitrogens with zero attached hydrogens (tertiary/aromatic N) is 2. The second-order valence-corrected chi connectivity index (χ2v) is 8.69. The van der Waals surface area contributed by atoms with Crippen LogP contribution in [0.2, 0.25) is 0 Å². The number of thiophene rings is 1. The van der Waals surface area contributed by atoms with E-state index in [2.05, 4.69) is 47.6 Å². The van der Waals surface area contributed by atoms with Crippen LogP contribution in [0.3, 0.4) is 0 Å². The van der Waals surface area contributed by atoms with Crippen molar-refractivity contribution < 1.29 is 0 Å². The van der Waals surface area contributed by atoms with Crippen molar-refractivity contribution in [2.24, 2.45) is 0 Å². The Hall–Kier alpha value is -3.44. The van der Waals surface area contributed by atoms with Crippen molar-refractivity contribution in [1.82, 2.24) is 9.55 Å². The zero-order chi connectivity index (χ0) is 22.2. The average Bonchev–Trinajstić information content (AvgIpc) is 3.32. The number of aromatic nitrogens is 2. The lowest BCUT2D eigenvalue weighted by Crippen LogP contribution is -2.25. The minimum atomic E-state index is -0.0557. The van der Waals surface area contributed by atoms with Gasteiger partial charge in [-0.05, 0) is 24.1 Å². The van der Waals surface area contributed by atoms with Gasteiger partial charge in [-0.2, -0.15) is 0 Å². The molecule has 2 aromatic carbocycles. The van der Waals surface area contributed by atoms with Crippen molar-refractivity contribution in [2.75, 3.05) is 5.32 Å². The van der Waals surface area contributed by atoms with Gasteiger partial charge in [-0.3, -0.25) is 9.36 Å². The van der Waals surface area contributed by atoms with Gasteiger partial charge in [0.25, 0.3) is 5.56 Å². The minimum absolute atomic E-state index is 0.0557. The molecule has 2 aromatic heterocycles. The molecular formula is C27H27N3OS. The summed E-state index contributed by atoms with van der Waals surface area (Å²) in [5.74, 6) is 0.685. The molecule has 2 heterocycles. The molecule has 0 spiro atoms. The monoisotopic (exact) mass is 441 g/mol. The second kappa shape index (κ2) is 10.7. The van der Waals surface area contributed by atoms with E-state index in [1.807, 2.05) is 54.6 Å². The summed E-state index contributed by atoms with van der Waals surface area (Å²) >= 11 is 1.73. The molecule has 0 aliphatic heterocycles. The summed E-state index contributed by atoms with van der Waals surface area (Å²) in [7, 11) is 0. The van der Waals surface area contributed by atoms with E-state index in [-0.39, 0.29) is 5.56 Å². The number of nitrogens with one attached hydrogen (secondary N) is 1. The molecule has 0 saturated carbocycles. The summed E-state index contributed by atoms with van der Waals surface area (Å²) in [6.07, 6.45) is 7.92. The van der Waals surface area contributed by atoms with E-state index >= 15 is 0 Å². The van der Waals surface area contributed by atoms with E-state index in [0.29, 0.717) is 24.6 Å². The van der Waals surface area contributed by atoms with Gasteiger partial charge in [0, 0.05) is 28.4 Å². The zero-order valence-corrected chi connectivity index (χ0v) is 19.0. The van der Waals surface area contributed by atoms with Gasteiger partial charge in [0.15, 0.2) is 0 Å². The predicted molar refractivity (Wildman–Crippen MR) is 135 cm³/mol. The Kier molecular flexibility index (Phi) is 7.31.